The number of nitrogens with zero attached hydrogens (tertiary/aromatic N) is 2. The van der Waals surface area contributed by atoms with Crippen molar-refractivity contribution in [2.45, 2.75) is 33.2 Å². The minimum Gasteiger partial charge on any atom is -0.481 e. The highest BCUT2D eigenvalue weighted by Crippen LogP contribution is 2.12. The standard InChI is InChI=1S/C13H20N4O4/c1-5-7(2)10(11(18)19)16-13(20)17-12-14-8(3)6-9(15-12)21-4/h6-7,10H,5H2,1-4H3,(H,18,19)(H2,14,15,16,17,20)/t7-,10-/m0/s1. The summed E-state index contributed by atoms with van der Waals surface area (Å²) >= 11 is 0. The summed E-state index contributed by atoms with van der Waals surface area (Å²) in [6.45, 7) is 5.34. The molecule has 8 nitrogen and oxygen atoms in total. The summed E-state index contributed by atoms with van der Waals surface area (Å²) in [5, 5.41) is 13.9. The second-order valence-electron chi connectivity index (χ2n) is 4.68. The van der Waals surface area contributed by atoms with Gasteiger partial charge < -0.3 is 15.2 Å². The second kappa shape index (κ2) is 7.41. The monoisotopic (exact) mass is 296 g/mol. The lowest BCUT2D eigenvalue weighted by molar-refractivity contribution is -0.140. The Bertz CT molecular complexity index is 521. The Balaban J connectivity index is 2.76. The van der Waals surface area contributed by atoms with Gasteiger partial charge in [-0.1, -0.05) is 20.3 Å². The third-order valence-corrected chi connectivity index (χ3v) is 3.03. The third kappa shape index (κ3) is 4.90. The van der Waals surface area contributed by atoms with Crippen molar-refractivity contribution in [2.24, 2.45) is 5.92 Å². The van der Waals surface area contributed by atoms with Crippen LogP contribution < -0.4 is 15.4 Å². The van der Waals surface area contributed by atoms with Gasteiger partial charge in [0.15, 0.2) is 0 Å². The van der Waals surface area contributed by atoms with Gasteiger partial charge >= 0.3 is 12.0 Å². The van der Waals surface area contributed by atoms with Crippen LogP contribution in [0.1, 0.15) is 26.0 Å². The maximum atomic E-state index is 11.9. The lowest BCUT2D eigenvalue weighted by Gasteiger charge is -2.20. The molecule has 0 saturated carbocycles. The molecule has 1 aromatic rings. The average molecular weight is 296 g/mol. The summed E-state index contributed by atoms with van der Waals surface area (Å²) in [6.07, 6.45) is 0.631. The van der Waals surface area contributed by atoms with Crippen LogP contribution >= 0.6 is 0 Å². The van der Waals surface area contributed by atoms with Crippen LogP contribution in [-0.2, 0) is 4.79 Å². The Kier molecular flexibility index (Phi) is 5.89. The summed E-state index contributed by atoms with van der Waals surface area (Å²) in [6, 6.07) is -0.0282. The number of aryl methyl sites for hydroxylation is 1. The maximum absolute atomic E-state index is 11.9. The molecule has 8 heteroatoms. The zero-order valence-corrected chi connectivity index (χ0v) is 12.5. The zero-order chi connectivity index (χ0) is 16.0. The molecule has 0 aliphatic carbocycles. The lowest BCUT2D eigenvalue weighted by atomic mass is 10.00. The number of amides is 2. The average Bonchev–Trinajstić information content (AvgIpc) is 2.42. The topological polar surface area (TPSA) is 113 Å². The summed E-state index contributed by atoms with van der Waals surface area (Å²) < 4.78 is 4.98. The number of aromatic nitrogens is 2. The van der Waals surface area contributed by atoms with Gasteiger partial charge in [-0.15, -0.1) is 0 Å². The van der Waals surface area contributed by atoms with E-state index < -0.39 is 18.0 Å². The smallest absolute Gasteiger partial charge is 0.326 e. The predicted molar refractivity (Wildman–Crippen MR) is 76.4 cm³/mol. The van der Waals surface area contributed by atoms with Gasteiger partial charge in [0.25, 0.3) is 0 Å². The Morgan fingerprint density at radius 1 is 1.43 bits per heavy atom. The number of aliphatic carboxylic acids is 1. The van der Waals surface area contributed by atoms with E-state index in [9.17, 15) is 9.59 Å². The van der Waals surface area contributed by atoms with E-state index in [-0.39, 0.29) is 11.9 Å². The van der Waals surface area contributed by atoms with Crippen molar-refractivity contribution < 1.29 is 19.4 Å². The van der Waals surface area contributed by atoms with Gasteiger partial charge in [0, 0.05) is 11.8 Å². The molecule has 2 atom stereocenters. The van der Waals surface area contributed by atoms with Crippen LogP contribution in [0.4, 0.5) is 10.7 Å². The number of nitrogens with one attached hydrogen (secondary N) is 2. The molecule has 0 saturated heterocycles. The van der Waals surface area contributed by atoms with Gasteiger partial charge in [0.1, 0.15) is 6.04 Å². The third-order valence-electron chi connectivity index (χ3n) is 3.03. The van der Waals surface area contributed by atoms with Crippen LogP contribution in [0.15, 0.2) is 6.07 Å². The highest BCUT2D eigenvalue weighted by Gasteiger charge is 2.25. The molecule has 1 rings (SSSR count). The summed E-state index contributed by atoms with van der Waals surface area (Å²) in [5.41, 5.74) is 0.619. The van der Waals surface area contributed by atoms with Gasteiger partial charge in [-0.3, -0.25) is 5.32 Å². The zero-order valence-electron chi connectivity index (χ0n) is 12.5. The van der Waals surface area contributed by atoms with Gasteiger partial charge in [0.2, 0.25) is 11.8 Å². The van der Waals surface area contributed by atoms with Crippen molar-refractivity contribution >= 4 is 17.9 Å². The minimum atomic E-state index is -1.08. The molecule has 0 unspecified atom stereocenters. The van der Waals surface area contributed by atoms with E-state index in [1.165, 1.54) is 7.11 Å². The number of urea groups is 1. The molecular formula is C13H20N4O4. The van der Waals surface area contributed by atoms with Crippen LogP contribution in [0.2, 0.25) is 0 Å². The van der Waals surface area contributed by atoms with Crippen LogP contribution in [0.3, 0.4) is 0 Å². The fourth-order valence-electron chi connectivity index (χ4n) is 1.66. The first-order valence-corrected chi connectivity index (χ1v) is 6.57. The Morgan fingerprint density at radius 3 is 2.62 bits per heavy atom. The van der Waals surface area contributed by atoms with Gasteiger partial charge in [-0.05, 0) is 12.8 Å². The van der Waals surface area contributed by atoms with E-state index in [1.807, 2.05) is 6.92 Å². The van der Waals surface area contributed by atoms with Crippen molar-refractivity contribution in [1.29, 1.82) is 0 Å². The number of rotatable bonds is 6. The molecule has 0 spiro atoms. The van der Waals surface area contributed by atoms with E-state index in [4.69, 9.17) is 9.84 Å². The number of hydrogen-bond donors (Lipinski definition) is 3. The van der Waals surface area contributed by atoms with Crippen molar-refractivity contribution in [3.8, 4) is 5.88 Å². The highest BCUT2D eigenvalue weighted by molar-refractivity contribution is 5.90. The fourth-order valence-corrected chi connectivity index (χ4v) is 1.66. The first-order valence-electron chi connectivity index (χ1n) is 6.57. The summed E-state index contributed by atoms with van der Waals surface area (Å²) in [7, 11) is 1.45. The van der Waals surface area contributed by atoms with Crippen LogP contribution in [0.5, 0.6) is 5.88 Å². The number of carboxylic acids is 1. The molecule has 0 bridgehead atoms. The molecule has 0 fully saturated rings. The Morgan fingerprint density at radius 2 is 2.10 bits per heavy atom. The number of ether oxygens (including phenoxy) is 1. The number of carbonyl (C=O) groups excluding carboxylic acids is 1. The van der Waals surface area contributed by atoms with Crippen molar-refractivity contribution in [3.63, 3.8) is 0 Å². The molecule has 1 heterocycles. The SMILES string of the molecule is CC[C@H](C)[C@H](NC(=O)Nc1nc(C)cc(OC)n1)C(=O)O. The Labute approximate surface area is 122 Å². The number of carbonyl (C=O) groups is 2. The minimum absolute atomic E-state index is 0.0534. The Hall–Kier alpha value is -2.38. The molecule has 2 amide bonds. The molecular weight excluding hydrogens is 276 g/mol. The molecule has 0 aromatic carbocycles. The summed E-state index contributed by atoms with van der Waals surface area (Å²) in [4.78, 5) is 31.0. The molecule has 0 aliphatic heterocycles. The molecule has 0 radical (unpaired) electrons. The van der Waals surface area contributed by atoms with Crippen LogP contribution in [0, 0.1) is 12.8 Å². The van der Waals surface area contributed by atoms with E-state index >= 15 is 0 Å². The fraction of sp³-hybridized carbons (Fsp3) is 0.538. The van der Waals surface area contributed by atoms with E-state index in [0.29, 0.717) is 18.0 Å². The van der Waals surface area contributed by atoms with Crippen LogP contribution in [0.25, 0.3) is 0 Å². The number of anilines is 1. The molecule has 116 valence electrons. The highest BCUT2D eigenvalue weighted by atomic mass is 16.5. The normalized spacial score (nSPS) is 13.1. The summed E-state index contributed by atoms with van der Waals surface area (Å²) in [5.74, 6) is -0.907. The quantitative estimate of drug-likeness (QED) is 0.731. The first-order chi connectivity index (χ1) is 9.87. The molecule has 0 aliphatic rings. The number of methoxy groups -OCH3 is 1. The van der Waals surface area contributed by atoms with Gasteiger partial charge in [-0.2, -0.15) is 4.98 Å². The molecule has 1 aromatic heterocycles. The van der Waals surface area contributed by atoms with Crippen molar-refractivity contribution in [2.75, 3.05) is 12.4 Å². The largest absolute Gasteiger partial charge is 0.481 e. The predicted octanol–water partition coefficient (Wildman–Crippen LogP) is 1.41. The number of hydrogen-bond acceptors (Lipinski definition) is 5. The lowest BCUT2D eigenvalue weighted by Crippen LogP contribution is -2.46. The second-order valence-corrected chi connectivity index (χ2v) is 4.68. The van der Waals surface area contributed by atoms with Gasteiger partial charge in [-0.25, -0.2) is 14.6 Å². The first kappa shape index (κ1) is 16.7. The van der Waals surface area contributed by atoms with Crippen molar-refractivity contribution in [3.05, 3.63) is 11.8 Å². The number of carboxylic acid groups (broad SMARTS) is 1. The van der Waals surface area contributed by atoms with Crippen molar-refractivity contribution in [1.82, 2.24) is 15.3 Å². The molecule has 21 heavy (non-hydrogen) atoms. The van der Waals surface area contributed by atoms with E-state index in [2.05, 4.69) is 20.6 Å². The van der Waals surface area contributed by atoms with Crippen LogP contribution in [-0.4, -0.2) is 40.2 Å². The maximum Gasteiger partial charge on any atom is 0.326 e. The van der Waals surface area contributed by atoms with E-state index in [1.54, 1.807) is 19.9 Å². The van der Waals surface area contributed by atoms with E-state index in [0.717, 1.165) is 0 Å². The molecule has 3 N–H and O–H groups in total. The van der Waals surface area contributed by atoms with Gasteiger partial charge in [0.05, 0.1) is 7.11 Å².